The third-order valence-corrected chi connectivity index (χ3v) is 1.63. The third kappa shape index (κ3) is 3.11. The predicted octanol–water partition coefficient (Wildman–Crippen LogP) is 2.57. The van der Waals surface area contributed by atoms with Crippen molar-refractivity contribution in [2.24, 2.45) is 0 Å². The molecule has 0 aromatic heterocycles. The van der Waals surface area contributed by atoms with Crippen LogP contribution in [0.3, 0.4) is 0 Å². The zero-order valence-corrected chi connectivity index (χ0v) is 8.01. The van der Waals surface area contributed by atoms with Gasteiger partial charge in [-0.15, -0.1) is 0 Å². The van der Waals surface area contributed by atoms with Crippen LogP contribution < -0.4 is 10.5 Å². The first kappa shape index (κ1) is 10.1. The van der Waals surface area contributed by atoms with E-state index in [0.717, 1.165) is 0 Å². The van der Waals surface area contributed by atoms with E-state index in [1.165, 1.54) is 6.92 Å². The van der Waals surface area contributed by atoms with Gasteiger partial charge in [-0.2, -0.15) is 0 Å². The van der Waals surface area contributed by atoms with Crippen LogP contribution in [-0.4, -0.2) is 11.7 Å². The zero-order valence-electron chi connectivity index (χ0n) is 7.26. The Morgan fingerprint density at radius 2 is 2.00 bits per heavy atom. The molecule has 1 unspecified atom stereocenters. The Balaban J connectivity index is 2.69. The molecule has 0 bridgehead atoms. The number of nitrogen functional groups attached to an aromatic ring is 1. The fourth-order valence-corrected chi connectivity index (χ4v) is 0.898. The summed E-state index contributed by atoms with van der Waals surface area (Å²) in [6.07, 6.45) is 0. The number of rotatable bonds is 3. The van der Waals surface area contributed by atoms with E-state index in [9.17, 15) is 4.39 Å². The topological polar surface area (TPSA) is 35.2 Å². The number of anilines is 1. The smallest absolute Gasteiger partial charge is 0.207 e. The largest absolute Gasteiger partial charge is 0.469 e. The quantitative estimate of drug-likeness (QED) is 0.606. The molecular formula is C9H11ClFNO. The highest BCUT2D eigenvalue weighted by molar-refractivity contribution is 6.22. The fraction of sp³-hybridized carbons (Fsp3) is 0.333. The van der Waals surface area contributed by atoms with Crippen molar-refractivity contribution in [3.8, 4) is 5.75 Å². The maximum Gasteiger partial charge on any atom is 0.207 e. The molecule has 1 atom stereocenters. The molecule has 1 aromatic rings. The van der Waals surface area contributed by atoms with Crippen molar-refractivity contribution < 1.29 is 9.13 Å². The van der Waals surface area contributed by atoms with Gasteiger partial charge in [0.25, 0.3) is 0 Å². The predicted molar refractivity (Wildman–Crippen MR) is 51.7 cm³/mol. The fourth-order valence-electron chi connectivity index (χ4n) is 0.809. The minimum absolute atomic E-state index is 0.504. The van der Waals surface area contributed by atoms with Crippen LogP contribution in [0.1, 0.15) is 6.92 Å². The van der Waals surface area contributed by atoms with Gasteiger partial charge in [-0.05, 0) is 31.2 Å². The van der Waals surface area contributed by atoms with Gasteiger partial charge in [0.05, 0.1) is 0 Å². The van der Waals surface area contributed by atoms with Gasteiger partial charge in [-0.25, -0.2) is 4.39 Å². The minimum atomic E-state index is -1.30. The lowest BCUT2D eigenvalue weighted by molar-refractivity contribution is 0.141. The van der Waals surface area contributed by atoms with Crippen LogP contribution in [0.2, 0.25) is 0 Å². The summed E-state index contributed by atoms with van der Waals surface area (Å²) >= 11 is 5.67. The second kappa shape index (κ2) is 3.83. The molecule has 0 aliphatic heterocycles. The van der Waals surface area contributed by atoms with Gasteiger partial charge in [-0.1, -0.05) is 11.6 Å². The summed E-state index contributed by atoms with van der Waals surface area (Å²) in [5.74, 6) is 0.504. The Bertz CT molecular complexity index is 273. The molecule has 0 aliphatic carbocycles. The summed E-state index contributed by atoms with van der Waals surface area (Å²) in [4.78, 5) is 0. The van der Waals surface area contributed by atoms with Gasteiger partial charge in [0.1, 0.15) is 12.4 Å². The standard InChI is InChI=1S/C9H11ClFNO/c1-9(10,6-11)13-8-4-2-7(12)3-5-8/h2-5H,6,12H2,1H3. The highest BCUT2D eigenvalue weighted by Crippen LogP contribution is 2.22. The van der Waals surface area contributed by atoms with Crippen LogP contribution in [-0.2, 0) is 0 Å². The van der Waals surface area contributed by atoms with E-state index in [-0.39, 0.29) is 0 Å². The average Bonchev–Trinajstić information content (AvgIpc) is 2.09. The Morgan fingerprint density at radius 3 is 2.46 bits per heavy atom. The van der Waals surface area contributed by atoms with Crippen LogP contribution in [0.15, 0.2) is 24.3 Å². The molecule has 13 heavy (non-hydrogen) atoms. The van der Waals surface area contributed by atoms with Crippen molar-refractivity contribution in [2.75, 3.05) is 12.4 Å². The zero-order chi connectivity index (χ0) is 9.90. The molecule has 2 nitrogen and oxygen atoms in total. The van der Waals surface area contributed by atoms with Crippen molar-refractivity contribution in [1.29, 1.82) is 0 Å². The van der Waals surface area contributed by atoms with Crippen molar-refractivity contribution in [2.45, 2.75) is 12.0 Å². The van der Waals surface area contributed by atoms with Gasteiger partial charge in [0, 0.05) is 5.69 Å². The van der Waals surface area contributed by atoms with Crippen LogP contribution in [0.4, 0.5) is 10.1 Å². The van der Waals surface area contributed by atoms with Crippen molar-refractivity contribution >= 4 is 17.3 Å². The summed E-state index contributed by atoms with van der Waals surface area (Å²) in [6.45, 7) is 0.712. The van der Waals surface area contributed by atoms with Gasteiger partial charge < -0.3 is 10.5 Å². The van der Waals surface area contributed by atoms with E-state index in [2.05, 4.69) is 0 Å². The number of hydrogen-bond donors (Lipinski definition) is 1. The average molecular weight is 204 g/mol. The van der Waals surface area contributed by atoms with Crippen LogP contribution in [0, 0.1) is 0 Å². The molecule has 0 amide bonds. The monoisotopic (exact) mass is 203 g/mol. The summed E-state index contributed by atoms with van der Waals surface area (Å²) in [5.41, 5.74) is 6.09. The van der Waals surface area contributed by atoms with E-state index in [1.807, 2.05) is 0 Å². The van der Waals surface area contributed by atoms with Crippen molar-refractivity contribution in [3.63, 3.8) is 0 Å². The highest BCUT2D eigenvalue weighted by Gasteiger charge is 2.22. The Morgan fingerprint density at radius 1 is 1.46 bits per heavy atom. The van der Waals surface area contributed by atoms with Crippen LogP contribution in [0.25, 0.3) is 0 Å². The van der Waals surface area contributed by atoms with Gasteiger partial charge in [0.15, 0.2) is 0 Å². The molecule has 0 aliphatic rings. The maximum absolute atomic E-state index is 12.3. The SMILES string of the molecule is CC(Cl)(CF)Oc1ccc(N)cc1. The third-order valence-electron chi connectivity index (χ3n) is 1.45. The molecule has 0 fully saturated rings. The first-order valence-corrected chi connectivity index (χ1v) is 4.21. The molecule has 1 aromatic carbocycles. The number of halogens is 2. The Hall–Kier alpha value is -0.960. The molecule has 72 valence electrons. The summed E-state index contributed by atoms with van der Waals surface area (Å²) in [6, 6.07) is 6.62. The lowest BCUT2D eigenvalue weighted by atomic mass is 10.3. The first-order valence-electron chi connectivity index (χ1n) is 3.83. The second-order valence-corrected chi connectivity index (χ2v) is 3.71. The van der Waals surface area contributed by atoms with Gasteiger partial charge >= 0.3 is 0 Å². The maximum atomic E-state index is 12.3. The van der Waals surface area contributed by atoms with E-state index in [4.69, 9.17) is 22.1 Å². The van der Waals surface area contributed by atoms with Crippen molar-refractivity contribution in [1.82, 2.24) is 0 Å². The van der Waals surface area contributed by atoms with E-state index in [1.54, 1.807) is 24.3 Å². The lowest BCUT2D eigenvalue weighted by Crippen LogP contribution is -2.27. The molecule has 2 N–H and O–H groups in total. The number of alkyl halides is 2. The van der Waals surface area contributed by atoms with Crippen molar-refractivity contribution in [3.05, 3.63) is 24.3 Å². The highest BCUT2D eigenvalue weighted by atomic mass is 35.5. The molecule has 0 radical (unpaired) electrons. The summed E-state index contributed by atoms with van der Waals surface area (Å²) < 4.78 is 17.4. The van der Waals surface area contributed by atoms with E-state index >= 15 is 0 Å². The molecule has 4 heteroatoms. The van der Waals surface area contributed by atoms with E-state index < -0.39 is 11.7 Å². The first-order chi connectivity index (χ1) is 6.03. The second-order valence-electron chi connectivity index (χ2n) is 2.91. The molecule has 0 saturated heterocycles. The number of nitrogens with two attached hydrogens (primary N) is 1. The molecule has 0 spiro atoms. The number of ether oxygens (including phenoxy) is 1. The molecule has 0 saturated carbocycles. The minimum Gasteiger partial charge on any atom is -0.469 e. The normalized spacial score (nSPS) is 15.0. The molecule has 1 rings (SSSR count). The molecule has 0 heterocycles. The lowest BCUT2D eigenvalue weighted by Gasteiger charge is -2.20. The Labute approximate surface area is 81.4 Å². The number of benzene rings is 1. The summed E-state index contributed by atoms with van der Waals surface area (Å²) in [7, 11) is 0. The van der Waals surface area contributed by atoms with Gasteiger partial charge in [0.2, 0.25) is 5.06 Å². The summed E-state index contributed by atoms with van der Waals surface area (Å²) in [5, 5.41) is -1.30. The van der Waals surface area contributed by atoms with Crippen LogP contribution in [0.5, 0.6) is 5.75 Å². The molecular weight excluding hydrogens is 193 g/mol. The van der Waals surface area contributed by atoms with E-state index in [0.29, 0.717) is 11.4 Å². The number of hydrogen-bond acceptors (Lipinski definition) is 2. The van der Waals surface area contributed by atoms with Crippen LogP contribution >= 0.6 is 11.6 Å². The Kier molecular flexibility index (Phi) is 2.98. The van der Waals surface area contributed by atoms with Gasteiger partial charge in [-0.3, -0.25) is 0 Å².